The minimum atomic E-state index is -0.435. The molecule has 0 aliphatic carbocycles. The average Bonchev–Trinajstić information content (AvgIpc) is 2.78. The molecule has 1 aromatic heterocycles. The summed E-state index contributed by atoms with van der Waals surface area (Å²) in [4.78, 5) is 3.92. The number of nitrogens with zero attached hydrogens (tertiary/aromatic N) is 1. The van der Waals surface area contributed by atoms with Crippen LogP contribution >= 0.6 is 11.3 Å². The largest absolute Gasteiger partial charge is 0.242 e. The van der Waals surface area contributed by atoms with Crippen molar-refractivity contribution in [2.45, 2.75) is 0 Å². The third-order valence-corrected chi connectivity index (χ3v) is 3.26. The molecule has 1 nitrogen and oxygen atoms in total. The molecule has 0 fully saturated rings. The van der Waals surface area contributed by atoms with Crippen LogP contribution in [0.5, 0.6) is 0 Å². The van der Waals surface area contributed by atoms with E-state index in [4.69, 9.17) is 0 Å². The van der Waals surface area contributed by atoms with E-state index in [0.29, 0.717) is 15.8 Å². The quantitative estimate of drug-likeness (QED) is 0.631. The van der Waals surface area contributed by atoms with Crippen molar-refractivity contribution < 1.29 is 8.78 Å². The van der Waals surface area contributed by atoms with Gasteiger partial charge in [-0.3, -0.25) is 0 Å². The van der Waals surface area contributed by atoms with Gasteiger partial charge >= 0.3 is 0 Å². The van der Waals surface area contributed by atoms with E-state index < -0.39 is 11.6 Å². The average molecular weight is 246 g/mol. The van der Waals surface area contributed by atoms with E-state index in [2.05, 4.69) is 11.1 Å². The van der Waals surface area contributed by atoms with Crippen LogP contribution in [0, 0.1) is 17.7 Å². The van der Waals surface area contributed by atoms with Crippen LogP contribution in [0.3, 0.4) is 0 Å². The van der Waals surface area contributed by atoms with Gasteiger partial charge < -0.3 is 0 Å². The second-order valence-electron chi connectivity index (χ2n) is 3.55. The van der Waals surface area contributed by atoms with Crippen molar-refractivity contribution in [1.29, 1.82) is 0 Å². The predicted octanol–water partition coefficient (Wildman–Crippen LogP) is 4.04. The molecule has 3 aromatic rings. The third kappa shape index (κ3) is 1.70. The number of aromatic nitrogens is 1. The molecule has 3 rings (SSSR count). The first-order valence-electron chi connectivity index (χ1n) is 4.95. The maximum Gasteiger partial charge on any atom is 0.150 e. The first kappa shape index (κ1) is 10.4. The highest BCUT2D eigenvalue weighted by molar-refractivity contribution is 7.16. The Morgan fingerprint density at radius 3 is 2.88 bits per heavy atom. The molecule has 2 aromatic carbocycles. The van der Waals surface area contributed by atoms with E-state index in [1.54, 1.807) is 23.7 Å². The Balaban J connectivity index is 2.28. The molecule has 0 saturated heterocycles. The van der Waals surface area contributed by atoms with Gasteiger partial charge in [-0.2, -0.15) is 0 Å². The summed E-state index contributed by atoms with van der Waals surface area (Å²) in [5, 5.41) is 0. The molecule has 83 valence electrons. The zero-order valence-electron chi connectivity index (χ0n) is 8.58. The van der Waals surface area contributed by atoms with Crippen LogP contribution in [0.4, 0.5) is 8.78 Å². The molecular weight excluding hydrogens is 240 g/mol. The van der Waals surface area contributed by atoms with Gasteiger partial charge in [0.2, 0.25) is 0 Å². The van der Waals surface area contributed by atoms with E-state index >= 15 is 0 Å². The summed E-state index contributed by atoms with van der Waals surface area (Å²) in [6, 6.07) is 10.3. The van der Waals surface area contributed by atoms with E-state index in [1.807, 2.05) is 0 Å². The standard InChI is InChI=1S/C13H6F2NS/c14-10-4-2-1-3-9(10)8-5-11(15)13-12(6-8)17-7-16-13/h1-2,4-7H. The normalized spacial score (nSPS) is 10.9. The van der Waals surface area contributed by atoms with Gasteiger partial charge in [-0.1, -0.05) is 12.1 Å². The van der Waals surface area contributed by atoms with Gasteiger partial charge in [0.1, 0.15) is 11.3 Å². The van der Waals surface area contributed by atoms with Crippen LogP contribution in [0.1, 0.15) is 0 Å². The molecule has 17 heavy (non-hydrogen) atoms. The monoisotopic (exact) mass is 246 g/mol. The Kier molecular flexibility index (Phi) is 2.37. The lowest BCUT2D eigenvalue weighted by atomic mass is 10.0. The van der Waals surface area contributed by atoms with Gasteiger partial charge in [-0.05, 0) is 29.8 Å². The van der Waals surface area contributed by atoms with Crippen molar-refractivity contribution in [3.8, 4) is 11.1 Å². The Hall–Kier alpha value is -1.81. The number of rotatable bonds is 1. The van der Waals surface area contributed by atoms with Gasteiger partial charge in [0.25, 0.3) is 0 Å². The van der Waals surface area contributed by atoms with Gasteiger partial charge in [0.15, 0.2) is 5.82 Å². The number of hydrogen-bond donors (Lipinski definition) is 0. The summed E-state index contributed by atoms with van der Waals surface area (Å²) in [6.45, 7) is 0. The molecule has 1 heterocycles. The number of benzene rings is 2. The van der Waals surface area contributed by atoms with Crippen LogP contribution in [0.15, 0.2) is 35.8 Å². The highest BCUT2D eigenvalue weighted by Crippen LogP contribution is 2.29. The molecular formula is C13H6F2NS. The molecule has 1 radical (unpaired) electrons. The van der Waals surface area contributed by atoms with Crippen molar-refractivity contribution in [3.05, 3.63) is 53.5 Å². The maximum absolute atomic E-state index is 13.7. The van der Waals surface area contributed by atoms with Gasteiger partial charge in [-0.15, -0.1) is 11.3 Å². The summed E-state index contributed by atoms with van der Waals surface area (Å²) in [5.74, 6) is -0.842. The first-order valence-corrected chi connectivity index (χ1v) is 5.83. The Morgan fingerprint density at radius 2 is 2.06 bits per heavy atom. The molecule has 0 aliphatic rings. The fraction of sp³-hybridized carbons (Fsp3) is 0. The predicted molar refractivity (Wildman–Crippen MR) is 63.8 cm³/mol. The maximum atomic E-state index is 13.7. The lowest BCUT2D eigenvalue weighted by molar-refractivity contribution is 0.628. The zero-order valence-corrected chi connectivity index (χ0v) is 9.39. The van der Waals surface area contributed by atoms with Crippen LogP contribution in [-0.4, -0.2) is 4.98 Å². The smallest absolute Gasteiger partial charge is 0.150 e. The molecule has 4 heteroatoms. The summed E-state index contributed by atoms with van der Waals surface area (Å²) >= 11 is 1.33. The number of fused-ring (bicyclic) bond motifs is 1. The Bertz CT molecular complexity index is 691. The summed E-state index contributed by atoms with van der Waals surface area (Å²) in [7, 11) is 0. The van der Waals surface area contributed by atoms with Crippen molar-refractivity contribution in [3.63, 3.8) is 0 Å². The van der Waals surface area contributed by atoms with Gasteiger partial charge in [0.05, 0.1) is 10.2 Å². The van der Waals surface area contributed by atoms with Crippen molar-refractivity contribution in [2.75, 3.05) is 0 Å². The minimum Gasteiger partial charge on any atom is -0.242 e. The highest BCUT2D eigenvalue weighted by atomic mass is 32.1. The van der Waals surface area contributed by atoms with Gasteiger partial charge in [-0.25, -0.2) is 13.8 Å². The highest BCUT2D eigenvalue weighted by Gasteiger charge is 2.10. The van der Waals surface area contributed by atoms with E-state index in [9.17, 15) is 8.78 Å². The minimum absolute atomic E-state index is 0.279. The second kappa shape index (κ2) is 3.89. The lowest BCUT2D eigenvalue weighted by Gasteiger charge is -2.03. The number of hydrogen-bond acceptors (Lipinski definition) is 2. The Morgan fingerprint density at radius 1 is 1.18 bits per heavy atom. The molecule has 0 amide bonds. The number of thiazole rings is 1. The van der Waals surface area contributed by atoms with E-state index in [0.717, 1.165) is 0 Å². The van der Waals surface area contributed by atoms with Crippen LogP contribution in [-0.2, 0) is 0 Å². The SMILES string of the molecule is Fc1ccc[c]c1-c1cc(F)c2ncsc2c1. The van der Waals surface area contributed by atoms with Crippen LogP contribution in [0.2, 0.25) is 0 Å². The molecule has 0 atom stereocenters. The first-order chi connectivity index (χ1) is 8.25. The number of halogens is 2. The van der Waals surface area contributed by atoms with Gasteiger partial charge in [0, 0.05) is 5.56 Å². The van der Waals surface area contributed by atoms with Crippen molar-refractivity contribution >= 4 is 21.6 Å². The second-order valence-corrected chi connectivity index (χ2v) is 4.44. The molecule has 0 saturated carbocycles. The summed E-state index contributed by atoms with van der Waals surface area (Å²) < 4.78 is 28.0. The van der Waals surface area contributed by atoms with Crippen LogP contribution in [0.25, 0.3) is 21.3 Å². The fourth-order valence-electron chi connectivity index (χ4n) is 1.71. The lowest BCUT2D eigenvalue weighted by Crippen LogP contribution is -1.86. The van der Waals surface area contributed by atoms with Crippen LogP contribution < -0.4 is 0 Å². The topological polar surface area (TPSA) is 12.9 Å². The Labute approximate surface area is 100 Å². The summed E-state index contributed by atoms with van der Waals surface area (Å²) in [6.07, 6.45) is 0. The zero-order chi connectivity index (χ0) is 11.8. The molecule has 0 N–H and O–H groups in total. The van der Waals surface area contributed by atoms with Crippen molar-refractivity contribution in [2.24, 2.45) is 0 Å². The molecule has 0 bridgehead atoms. The molecule has 0 spiro atoms. The molecule has 0 unspecified atom stereocenters. The third-order valence-electron chi connectivity index (χ3n) is 2.48. The van der Waals surface area contributed by atoms with E-state index in [-0.39, 0.29) is 5.56 Å². The molecule has 0 aliphatic heterocycles. The van der Waals surface area contributed by atoms with Crippen molar-refractivity contribution in [1.82, 2.24) is 4.98 Å². The summed E-state index contributed by atoms with van der Waals surface area (Å²) in [5.41, 5.74) is 2.66. The van der Waals surface area contributed by atoms with E-state index in [1.165, 1.54) is 23.5 Å². The fourth-order valence-corrected chi connectivity index (χ4v) is 2.44.